The third-order valence-corrected chi connectivity index (χ3v) is 3.54. The maximum Gasteiger partial charge on any atom is 0.307 e. The minimum absolute atomic E-state index is 0.183. The van der Waals surface area contributed by atoms with Crippen molar-refractivity contribution in [2.45, 2.75) is 19.3 Å². The summed E-state index contributed by atoms with van der Waals surface area (Å²) >= 11 is 0. The fourth-order valence-electron chi connectivity index (χ4n) is 2.42. The number of aryl methyl sites for hydroxylation is 1. The molecule has 0 bridgehead atoms. The zero-order valence-electron chi connectivity index (χ0n) is 11.5. The average molecular weight is 277 g/mol. The molecule has 1 aromatic rings. The molecule has 0 aromatic carbocycles. The Morgan fingerprint density at radius 2 is 2.10 bits per heavy atom. The van der Waals surface area contributed by atoms with Crippen molar-refractivity contribution in [1.82, 2.24) is 15.1 Å². The summed E-state index contributed by atoms with van der Waals surface area (Å²) < 4.78 is 1.71. The zero-order valence-corrected chi connectivity index (χ0v) is 11.5. The highest BCUT2D eigenvalue weighted by Gasteiger charge is 2.33. The van der Waals surface area contributed by atoms with Crippen molar-refractivity contribution in [3.05, 3.63) is 30.1 Å². The number of allylic oxidation sites excluding steroid dienone is 2. The van der Waals surface area contributed by atoms with Gasteiger partial charge in [0.05, 0.1) is 17.5 Å². The van der Waals surface area contributed by atoms with Gasteiger partial charge >= 0.3 is 5.97 Å². The van der Waals surface area contributed by atoms with Crippen molar-refractivity contribution in [3.8, 4) is 0 Å². The Morgan fingerprint density at radius 1 is 1.40 bits per heavy atom. The van der Waals surface area contributed by atoms with E-state index in [0.29, 0.717) is 25.8 Å². The van der Waals surface area contributed by atoms with Crippen LogP contribution in [0.2, 0.25) is 0 Å². The number of hydrogen-bond acceptors (Lipinski definition) is 3. The highest BCUT2D eigenvalue weighted by Crippen LogP contribution is 2.25. The normalized spacial score (nSPS) is 21.6. The highest BCUT2D eigenvalue weighted by atomic mass is 16.4. The van der Waals surface area contributed by atoms with Crippen molar-refractivity contribution >= 4 is 11.9 Å². The number of amides is 1. The molecule has 1 amide bonds. The predicted octanol–water partition coefficient (Wildman–Crippen LogP) is 0.746. The van der Waals surface area contributed by atoms with Crippen LogP contribution in [0.1, 0.15) is 18.5 Å². The molecule has 2 unspecified atom stereocenters. The van der Waals surface area contributed by atoms with E-state index in [1.807, 2.05) is 31.5 Å². The number of hydrogen-bond donors (Lipinski definition) is 2. The number of aromatic nitrogens is 2. The summed E-state index contributed by atoms with van der Waals surface area (Å²) in [5, 5.41) is 16.2. The summed E-state index contributed by atoms with van der Waals surface area (Å²) in [6.07, 6.45) is 7.12. The second-order valence-electron chi connectivity index (χ2n) is 5.02. The largest absolute Gasteiger partial charge is 0.481 e. The fraction of sp³-hybridized carbons (Fsp3) is 0.500. The van der Waals surface area contributed by atoms with E-state index < -0.39 is 17.8 Å². The van der Waals surface area contributed by atoms with Crippen molar-refractivity contribution in [2.75, 3.05) is 6.54 Å². The van der Waals surface area contributed by atoms with Crippen molar-refractivity contribution in [1.29, 1.82) is 0 Å². The van der Waals surface area contributed by atoms with Gasteiger partial charge in [0.15, 0.2) is 0 Å². The summed E-state index contributed by atoms with van der Waals surface area (Å²) in [4.78, 5) is 23.2. The summed E-state index contributed by atoms with van der Waals surface area (Å²) in [7, 11) is 1.84. The number of nitrogens with one attached hydrogen (secondary N) is 1. The Morgan fingerprint density at radius 3 is 2.70 bits per heavy atom. The Hall–Kier alpha value is -2.11. The molecule has 2 atom stereocenters. The minimum Gasteiger partial charge on any atom is -0.481 e. The topological polar surface area (TPSA) is 84.2 Å². The van der Waals surface area contributed by atoms with Crippen LogP contribution in [0.25, 0.3) is 0 Å². The van der Waals surface area contributed by atoms with Crippen molar-refractivity contribution in [2.24, 2.45) is 18.9 Å². The molecule has 1 aliphatic rings. The first-order chi connectivity index (χ1) is 9.58. The standard InChI is InChI=1S/C14H19N3O3/c1-17-9-7-10(16-17)6-8-15-13(18)11-4-2-3-5-12(11)14(19)20/h2-3,7,9,11-12H,4-6,8H2,1H3,(H,15,18)(H,19,20). The van der Waals surface area contributed by atoms with Crippen LogP contribution in [0.15, 0.2) is 24.4 Å². The average Bonchev–Trinajstić information content (AvgIpc) is 2.84. The van der Waals surface area contributed by atoms with Gasteiger partial charge in [-0.15, -0.1) is 0 Å². The molecule has 1 heterocycles. The lowest BCUT2D eigenvalue weighted by molar-refractivity contribution is -0.147. The molecule has 1 aliphatic carbocycles. The van der Waals surface area contributed by atoms with Gasteiger partial charge in [0, 0.05) is 26.2 Å². The van der Waals surface area contributed by atoms with Crippen LogP contribution in [0.5, 0.6) is 0 Å². The Bertz CT molecular complexity index is 521. The first-order valence-electron chi connectivity index (χ1n) is 6.72. The quantitative estimate of drug-likeness (QED) is 0.778. The molecule has 0 aliphatic heterocycles. The van der Waals surface area contributed by atoms with Gasteiger partial charge in [-0.2, -0.15) is 5.10 Å². The van der Waals surface area contributed by atoms with Gasteiger partial charge in [-0.3, -0.25) is 14.3 Å². The van der Waals surface area contributed by atoms with E-state index in [1.165, 1.54) is 0 Å². The van der Waals surface area contributed by atoms with E-state index in [1.54, 1.807) is 4.68 Å². The maximum atomic E-state index is 12.1. The molecule has 20 heavy (non-hydrogen) atoms. The van der Waals surface area contributed by atoms with Gasteiger partial charge in [-0.1, -0.05) is 12.2 Å². The number of carboxylic acids is 1. The number of carboxylic acid groups (broad SMARTS) is 1. The van der Waals surface area contributed by atoms with Gasteiger partial charge in [-0.25, -0.2) is 0 Å². The van der Waals surface area contributed by atoms with Gasteiger partial charge in [0.2, 0.25) is 5.91 Å². The van der Waals surface area contributed by atoms with Crippen molar-refractivity contribution in [3.63, 3.8) is 0 Å². The van der Waals surface area contributed by atoms with E-state index in [4.69, 9.17) is 5.11 Å². The number of aliphatic carboxylic acids is 1. The number of nitrogens with zero attached hydrogens (tertiary/aromatic N) is 2. The van der Waals surface area contributed by atoms with Crippen molar-refractivity contribution < 1.29 is 14.7 Å². The smallest absolute Gasteiger partial charge is 0.307 e. The number of carbonyl (C=O) groups excluding carboxylic acids is 1. The summed E-state index contributed by atoms with van der Waals surface area (Å²) in [6, 6.07) is 1.90. The van der Waals surface area contributed by atoms with E-state index >= 15 is 0 Å². The summed E-state index contributed by atoms with van der Waals surface area (Å²) in [5.74, 6) is -2.17. The Balaban J connectivity index is 1.84. The molecular weight excluding hydrogens is 258 g/mol. The Kier molecular flexibility index (Phi) is 4.55. The summed E-state index contributed by atoms with van der Waals surface area (Å²) in [6.45, 7) is 0.475. The monoisotopic (exact) mass is 277 g/mol. The molecule has 1 aromatic heterocycles. The van der Waals surface area contributed by atoms with E-state index in [9.17, 15) is 9.59 Å². The van der Waals surface area contributed by atoms with Crippen LogP contribution in [0.4, 0.5) is 0 Å². The second kappa shape index (κ2) is 6.36. The van der Waals surface area contributed by atoms with Gasteiger partial charge in [0.25, 0.3) is 0 Å². The predicted molar refractivity (Wildman–Crippen MR) is 72.9 cm³/mol. The van der Waals surface area contributed by atoms with Crippen LogP contribution in [-0.2, 0) is 23.1 Å². The second-order valence-corrected chi connectivity index (χ2v) is 5.02. The third-order valence-electron chi connectivity index (χ3n) is 3.54. The number of rotatable bonds is 5. The third kappa shape index (κ3) is 3.46. The molecule has 6 heteroatoms. The molecule has 2 N–H and O–H groups in total. The van der Waals surface area contributed by atoms with E-state index in [2.05, 4.69) is 10.4 Å². The van der Waals surface area contributed by atoms with E-state index in [0.717, 1.165) is 5.69 Å². The SMILES string of the molecule is Cn1ccc(CCNC(=O)C2CC=CCC2C(=O)O)n1. The molecule has 0 spiro atoms. The maximum absolute atomic E-state index is 12.1. The van der Waals surface area contributed by atoms with Crippen LogP contribution in [-0.4, -0.2) is 33.3 Å². The van der Waals surface area contributed by atoms with Crippen LogP contribution >= 0.6 is 0 Å². The van der Waals surface area contributed by atoms with Gasteiger partial charge in [0.1, 0.15) is 0 Å². The first-order valence-corrected chi connectivity index (χ1v) is 6.72. The lowest BCUT2D eigenvalue weighted by Gasteiger charge is -2.24. The lowest BCUT2D eigenvalue weighted by atomic mass is 9.82. The lowest BCUT2D eigenvalue weighted by Crippen LogP contribution is -2.39. The zero-order chi connectivity index (χ0) is 14.5. The molecule has 0 saturated carbocycles. The van der Waals surface area contributed by atoms with Gasteiger partial charge < -0.3 is 10.4 Å². The molecule has 0 fully saturated rings. The van der Waals surface area contributed by atoms with Crippen LogP contribution in [0.3, 0.4) is 0 Å². The molecule has 6 nitrogen and oxygen atoms in total. The van der Waals surface area contributed by atoms with Crippen LogP contribution < -0.4 is 5.32 Å². The van der Waals surface area contributed by atoms with Gasteiger partial charge in [-0.05, 0) is 18.9 Å². The number of carbonyl (C=O) groups is 2. The van der Waals surface area contributed by atoms with E-state index in [-0.39, 0.29) is 5.91 Å². The highest BCUT2D eigenvalue weighted by molar-refractivity contribution is 5.85. The first kappa shape index (κ1) is 14.3. The molecular formula is C14H19N3O3. The summed E-state index contributed by atoms with van der Waals surface area (Å²) in [5.41, 5.74) is 0.908. The van der Waals surface area contributed by atoms with Crippen LogP contribution in [0, 0.1) is 11.8 Å². The Labute approximate surface area is 117 Å². The molecule has 0 saturated heterocycles. The fourth-order valence-corrected chi connectivity index (χ4v) is 2.42. The minimum atomic E-state index is -0.903. The molecule has 0 radical (unpaired) electrons. The molecule has 108 valence electrons. The molecule has 2 rings (SSSR count).